The highest BCUT2D eigenvalue weighted by molar-refractivity contribution is 8.25. The van der Waals surface area contributed by atoms with Crippen LogP contribution in [0.25, 0.3) is 0 Å². The third-order valence-corrected chi connectivity index (χ3v) is 9.37. The van der Waals surface area contributed by atoms with Crippen LogP contribution < -0.4 is 4.90 Å². The molecule has 2 aromatic heterocycles. The van der Waals surface area contributed by atoms with E-state index in [-0.39, 0.29) is 18.4 Å². The van der Waals surface area contributed by atoms with Crippen LogP contribution >= 0.6 is 35.6 Å². The van der Waals surface area contributed by atoms with Crippen molar-refractivity contribution in [2.45, 2.75) is 22.7 Å². The Bertz CT molecular complexity index is 1330. The highest BCUT2D eigenvalue weighted by atomic mass is 35.5. The molecule has 2 spiro atoms. The molecule has 0 saturated carbocycles. The van der Waals surface area contributed by atoms with Crippen LogP contribution in [0.3, 0.4) is 0 Å². The molecule has 0 unspecified atom stereocenters. The van der Waals surface area contributed by atoms with Crippen molar-refractivity contribution < 1.29 is 18.4 Å². The van der Waals surface area contributed by atoms with E-state index in [9.17, 15) is 9.59 Å². The van der Waals surface area contributed by atoms with E-state index in [1.807, 2.05) is 24.1 Å². The largest absolute Gasteiger partial charge is 0.469 e. The van der Waals surface area contributed by atoms with Gasteiger partial charge in [-0.1, -0.05) is 35.6 Å². The molecule has 5 heterocycles. The summed E-state index contributed by atoms with van der Waals surface area (Å²) in [5, 5.41) is 0.497. The molecule has 3 aliphatic rings. The van der Waals surface area contributed by atoms with E-state index in [2.05, 4.69) is 0 Å². The van der Waals surface area contributed by atoms with Crippen molar-refractivity contribution in [2.75, 3.05) is 25.5 Å². The Morgan fingerprint density at radius 3 is 2.59 bits per heavy atom. The van der Waals surface area contributed by atoms with E-state index in [4.69, 9.17) is 32.7 Å². The first-order valence-electron chi connectivity index (χ1n) is 10.7. The Morgan fingerprint density at radius 2 is 1.88 bits per heavy atom. The topological polar surface area (TPSA) is 70.1 Å². The fourth-order valence-electron chi connectivity index (χ4n) is 5.80. The third kappa shape index (κ3) is 2.55. The molecule has 0 bridgehead atoms. The second-order valence-electron chi connectivity index (χ2n) is 8.76. The number of nitrogens with zero attached hydrogens (tertiary/aromatic N) is 3. The predicted molar refractivity (Wildman–Crippen MR) is 133 cm³/mol. The van der Waals surface area contributed by atoms with Crippen molar-refractivity contribution in [3.05, 3.63) is 77.1 Å². The SMILES string of the molecule is CN1C(=O)[C@]2(c3cc(Cl)ccc31)N(C)C[C@@H](c1ccco1)[C@@]21SC(=S)N(Cc2ccco2)C1=O. The van der Waals surface area contributed by atoms with Gasteiger partial charge in [0.1, 0.15) is 20.6 Å². The summed E-state index contributed by atoms with van der Waals surface area (Å²) < 4.78 is 10.5. The van der Waals surface area contributed by atoms with Crippen molar-refractivity contribution >= 4 is 57.4 Å². The van der Waals surface area contributed by atoms with Gasteiger partial charge in [0.15, 0.2) is 5.54 Å². The normalized spacial score (nSPS) is 28.8. The molecule has 2 saturated heterocycles. The molecule has 1 aromatic carbocycles. The Kier molecular flexibility index (Phi) is 4.80. The lowest BCUT2D eigenvalue weighted by molar-refractivity contribution is -0.139. The number of benzene rings is 1. The van der Waals surface area contributed by atoms with Crippen LogP contribution in [0, 0.1) is 0 Å². The minimum absolute atomic E-state index is 0.190. The van der Waals surface area contributed by atoms with Crippen LogP contribution in [0.5, 0.6) is 0 Å². The Balaban J connectivity index is 1.61. The third-order valence-electron chi connectivity index (χ3n) is 7.19. The van der Waals surface area contributed by atoms with Gasteiger partial charge in [-0.2, -0.15) is 0 Å². The summed E-state index contributed by atoms with van der Waals surface area (Å²) in [6, 6.07) is 12.6. The van der Waals surface area contributed by atoms with E-state index in [1.165, 1.54) is 11.8 Å². The van der Waals surface area contributed by atoms with Gasteiger partial charge in [0, 0.05) is 29.9 Å². The van der Waals surface area contributed by atoms with E-state index in [1.54, 1.807) is 59.7 Å². The van der Waals surface area contributed by atoms with Crippen molar-refractivity contribution in [1.29, 1.82) is 0 Å². The number of hydrogen-bond acceptors (Lipinski definition) is 7. The van der Waals surface area contributed by atoms with Gasteiger partial charge >= 0.3 is 0 Å². The molecule has 34 heavy (non-hydrogen) atoms. The molecule has 3 aliphatic heterocycles. The molecule has 7 nitrogen and oxygen atoms in total. The fraction of sp³-hybridized carbons (Fsp3) is 0.292. The number of thiocarbonyl (C=S) groups is 1. The minimum Gasteiger partial charge on any atom is -0.469 e. The number of anilines is 1. The van der Waals surface area contributed by atoms with E-state index in [0.29, 0.717) is 33.0 Å². The number of carbonyl (C=O) groups is 2. The maximum absolute atomic E-state index is 14.5. The first-order valence-corrected chi connectivity index (χ1v) is 12.3. The number of hydrogen-bond donors (Lipinski definition) is 0. The highest BCUT2D eigenvalue weighted by Gasteiger charge is 2.79. The molecule has 3 atom stereocenters. The summed E-state index contributed by atoms with van der Waals surface area (Å²) in [6.07, 6.45) is 3.15. The molecular formula is C24H20ClN3O4S2. The van der Waals surface area contributed by atoms with E-state index >= 15 is 0 Å². The standard InChI is InChI=1S/C24H20ClN3O4S2/c1-26-13-17(19-6-4-10-32-19)24(21(30)28(22(33)34-24)12-15-5-3-9-31-15)23(26)16-11-14(25)7-8-18(16)27(2)20(23)29/h3-11,17H,12-13H2,1-2H3/t17-,23-,24-/m0/s1. The molecule has 0 radical (unpaired) electrons. The van der Waals surface area contributed by atoms with E-state index < -0.39 is 16.2 Å². The Labute approximate surface area is 210 Å². The summed E-state index contributed by atoms with van der Waals surface area (Å²) in [5.41, 5.74) is 0.112. The van der Waals surface area contributed by atoms with Crippen LogP contribution in [0.2, 0.25) is 5.02 Å². The summed E-state index contributed by atoms with van der Waals surface area (Å²) in [6.45, 7) is 0.617. The van der Waals surface area contributed by atoms with Gasteiger partial charge in [-0.05, 0) is 49.5 Å². The quantitative estimate of drug-likeness (QED) is 0.485. The zero-order valence-electron chi connectivity index (χ0n) is 18.4. The second-order valence-corrected chi connectivity index (χ2v) is 11.1. The summed E-state index contributed by atoms with van der Waals surface area (Å²) in [4.78, 5) is 33.9. The molecule has 2 amide bonds. The lowest BCUT2D eigenvalue weighted by Crippen LogP contribution is -2.62. The van der Waals surface area contributed by atoms with Crippen molar-refractivity contribution in [3.63, 3.8) is 0 Å². The molecule has 0 N–H and O–H groups in total. The number of furan rings is 2. The number of likely N-dealkylation sites (tertiary alicyclic amines) is 1. The van der Waals surface area contributed by atoms with Gasteiger partial charge < -0.3 is 13.7 Å². The monoisotopic (exact) mass is 513 g/mol. The summed E-state index contributed by atoms with van der Waals surface area (Å²) in [5.74, 6) is 0.399. The van der Waals surface area contributed by atoms with Crippen LogP contribution in [-0.4, -0.2) is 51.3 Å². The Hall–Kier alpha value is -2.59. The number of halogens is 1. The summed E-state index contributed by atoms with van der Waals surface area (Å²) >= 11 is 13.5. The number of amides is 2. The average molecular weight is 514 g/mol. The molecule has 10 heteroatoms. The van der Waals surface area contributed by atoms with E-state index in [0.717, 1.165) is 5.69 Å². The smallest absolute Gasteiger partial charge is 0.254 e. The molecule has 0 aliphatic carbocycles. The summed E-state index contributed by atoms with van der Waals surface area (Å²) in [7, 11) is 3.60. The maximum atomic E-state index is 14.5. The van der Waals surface area contributed by atoms with Gasteiger partial charge in [-0.3, -0.25) is 19.4 Å². The van der Waals surface area contributed by atoms with Crippen molar-refractivity contribution in [2.24, 2.45) is 0 Å². The van der Waals surface area contributed by atoms with Crippen molar-refractivity contribution in [1.82, 2.24) is 9.80 Å². The second kappa shape index (κ2) is 7.45. The zero-order chi connectivity index (χ0) is 23.8. The minimum atomic E-state index is -1.32. The Morgan fingerprint density at radius 1 is 1.12 bits per heavy atom. The molecular weight excluding hydrogens is 494 g/mol. The lowest BCUT2D eigenvalue weighted by atomic mass is 9.73. The highest BCUT2D eigenvalue weighted by Crippen LogP contribution is 2.66. The van der Waals surface area contributed by atoms with Crippen molar-refractivity contribution in [3.8, 4) is 0 Å². The van der Waals surface area contributed by atoms with Crippen LogP contribution in [0.4, 0.5) is 5.69 Å². The molecule has 3 aromatic rings. The van der Waals surface area contributed by atoms with Gasteiger partial charge in [0.05, 0.1) is 25.0 Å². The van der Waals surface area contributed by atoms with Crippen LogP contribution in [0.15, 0.2) is 63.8 Å². The number of thioether (sulfide) groups is 1. The average Bonchev–Trinajstić information content (AvgIpc) is 3.61. The van der Waals surface area contributed by atoms with Crippen LogP contribution in [-0.2, 0) is 21.7 Å². The maximum Gasteiger partial charge on any atom is 0.254 e. The van der Waals surface area contributed by atoms with Crippen LogP contribution in [0.1, 0.15) is 23.0 Å². The molecule has 174 valence electrons. The lowest BCUT2D eigenvalue weighted by Gasteiger charge is -2.41. The first kappa shape index (κ1) is 21.9. The van der Waals surface area contributed by atoms with Gasteiger partial charge in [0.2, 0.25) is 5.91 Å². The molecule has 2 fully saturated rings. The zero-order valence-corrected chi connectivity index (χ0v) is 20.7. The number of fused-ring (bicyclic) bond motifs is 3. The predicted octanol–water partition coefficient (Wildman–Crippen LogP) is 4.23. The first-order chi connectivity index (χ1) is 16.3. The molecule has 6 rings (SSSR count). The van der Waals surface area contributed by atoms with Gasteiger partial charge in [0.25, 0.3) is 5.91 Å². The number of rotatable bonds is 3. The fourth-order valence-corrected chi connectivity index (χ4v) is 8.08. The number of likely N-dealkylation sites (N-methyl/N-ethyl adjacent to an activating group) is 2. The number of carbonyl (C=O) groups excluding carboxylic acids is 2. The van der Waals surface area contributed by atoms with Gasteiger partial charge in [-0.15, -0.1) is 0 Å². The van der Waals surface area contributed by atoms with Gasteiger partial charge in [-0.25, -0.2) is 0 Å².